The summed E-state index contributed by atoms with van der Waals surface area (Å²) >= 11 is 5.90. The number of carbonyl (C=O) groups excluding carboxylic acids is 1. The van der Waals surface area contributed by atoms with Gasteiger partial charge in [0.15, 0.2) is 11.1 Å². The van der Waals surface area contributed by atoms with E-state index in [1.165, 1.54) is 18.2 Å². The molecule has 7 nitrogen and oxygen atoms in total. The Morgan fingerprint density at radius 3 is 2.92 bits per heavy atom. The molecule has 0 spiro atoms. The smallest absolute Gasteiger partial charge is 0.359 e. The van der Waals surface area contributed by atoms with E-state index in [0.29, 0.717) is 11.4 Å². The van der Waals surface area contributed by atoms with E-state index in [1.54, 1.807) is 6.08 Å². The quantitative estimate of drug-likeness (QED) is 0.428. The van der Waals surface area contributed by atoms with Gasteiger partial charge in [0.25, 0.3) is 5.56 Å². The molecule has 0 atom stereocenters. The first-order valence-electron chi connectivity index (χ1n) is 7.05. The Labute approximate surface area is 139 Å². The lowest BCUT2D eigenvalue weighted by Gasteiger charge is -1.99. The van der Waals surface area contributed by atoms with E-state index in [9.17, 15) is 14.4 Å². The number of H-pyrrole nitrogens is 2. The Balaban J connectivity index is 2.30. The average Bonchev–Trinajstić information content (AvgIpc) is 2.96. The Morgan fingerprint density at radius 2 is 2.17 bits per heavy atom. The van der Waals surface area contributed by atoms with Crippen LogP contribution in [-0.4, -0.2) is 27.8 Å². The zero-order valence-corrected chi connectivity index (χ0v) is 13.1. The maximum absolute atomic E-state index is 12.8. The van der Waals surface area contributed by atoms with Gasteiger partial charge < -0.3 is 9.72 Å². The molecule has 0 aliphatic rings. The number of hydrogen-bond acceptors (Lipinski definition) is 5. The second kappa shape index (κ2) is 6.29. The van der Waals surface area contributed by atoms with Gasteiger partial charge in [0.1, 0.15) is 5.52 Å². The number of fused-ring (bicyclic) bond motifs is 2. The third-order valence-corrected chi connectivity index (χ3v) is 3.68. The SMILES string of the molecule is C=CCCOC(=O)c1n[nH]c2c(=O)[nH]c3cc(Cl)ccc3c(=O)c12. The van der Waals surface area contributed by atoms with Crippen molar-refractivity contribution in [1.82, 2.24) is 15.2 Å². The van der Waals surface area contributed by atoms with E-state index < -0.39 is 17.0 Å². The number of carbonyl (C=O) groups is 1. The summed E-state index contributed by atoms with van der Waals surface area (Å²) in [5.74, 6) is -0.784. The van der Waals surface area contributed by atoms with E-state index in [-0.39, 0.29) is 34.1 Å². The molecular formula is C16H12ClN3O4. The number of rotatable bonds is 4. The van der Waals surface area contributed by atoms with Crippen LogP contribution >= 0.6 is 11.6 Å². The van der Waals surface area contributed by atoms with Crippen molar-refractivity contribution in [1.29, 1.82) is 0 Å². The molecule has 8 heteroatoms. The number of aromatic nitrogens is 3. The van der Waals surface area contributed by atoms with E-state index in [0.717, 1.165) is 0 Å². The van der Waals surface area contributed by atoms with Crippen LogP contribution < -0.4 is 11.0 Å². The van der Waals surface area contributed by atoms with Gasteiger partial charge in [0.05, 0.1) is 17.5 Å². The van der Waals surface area contributed by atoms with Crippen LogP contribution in [0.1, 0.15) is 16.9 Å². The molecule has 24 heavy (non-hydrogen) atoms. The molecule has 2 heterocycles. The second-order valence-corrected chi connectivity index (χ2v) is 5.45. The van der Waals surface area contributed by atoms with Gasteiger partial charge in [-0.15, -0.1) is 6.58 Å². The zero-order chi connectivity index (χ0) is 17.3. The van der Waals surface area contributed by atoms with E-state index in [2.05, 4.69) is 21.8 Å². The first-order valence-corrected chi connectivity index (χ1v) is 7.42. The topological polar surface area (TPSA) is 105 Å². The molecular weight excluding hydrogens is 334 g/mol. The minimum Gasteiger partial charge on any atom is -0.461 e. The van der Waals surface area contributed by atoms with Gasteiger partial charge in [-0.25, -0.2) is 4.79 Å². The van der Waals surface area contributed by atoms with Crippen molar-refractivity contribution in [2.75, 3.05) is 6.61 Å². The fourth-order valence-corrected chi connectivity index (χ4v) is 2.49. The highest BCUT2D eigenvalue weighted by molar-refractivity contribution is 6.31. The van der Waals surface area contributed by atoms with Crippen molar-refractivity contribution in [2.24, 2.45) is 0 Å². The molecule has 2 aromatic heterocycles. The lowest BCUT2D eigenvalue weighted by atomic mass is 10.2. The molecule has 2 N–H and O–H groups in total. The molecule has 122 valence electrons. The van der Waals surface area contributed by atoms with Gasteiger partial charge in [0, 0.05) is 10.4 Å². The number of halogens is 1. The van der Waals surface area contributed by atoms with Gasteiger partial charge in [-0.3, -0.25) is 14.7 Å². The number of aromatic amines is 2. The van der Waals surface area contributed by atoms with Crippen LogP contribution in [0, 0.1) is 0 Å². The zero-order valence-electron chi connectivity index (χ0n) is 12.4. The minimum atomic E-state index is -0.784. The van der Waals surface area contributed by atoms with E-state index >= 15 is 0 Å². The van der Waals surface area contributed by atoms with Crippen molar-refractivity contribution in [3.8, 4) is 0 Å². The molecule has 0 saturated heterocycles. The summed E-state index contributed by atoms with van der Waals surface area (Å²) in [6, 6.07) is 4.47. The van der Waals surface area contributed by atoms with Crippen LogP contribution in [0.25, 0.3) is 21.8 Å². The lowest BCUT2D eigenvalue weighted by Crippen LogP contribution is -2.10. The molecule has 0 amide bonds. The van der Waals surface area contributed by atoms with Crippen molar-refractivity contribution in [3.63, 3.8) is 0 Å². The minimum absolute atomic E-state index is 0.0945. The van der Waals surface area contributed by atoms with E-state index in [1.807, 2.05) is 0 Å². The summed E-state index contributed by atoms with van der Waals surface area (Å²) in [6.45, 7) is 3.63. The van der Waals surface area contributed by atoms with Gasteiger partial charge in [-0.05, 0) is 24.6 Å². The van der Waals surface area contributed by atoms with Crippen LogP contribution in [0.2, 0.25) is 5.02 Å². The number of nitrogens with one attached hydrogen (secondary N) is 2. The molecule has 0 bridgehead atoms. The van der Waals surface area contributed by atoms with Gasteiger partial charge in [-0.2, -0.15) is 5.10 Å². The average molecular weight is 346 g/mol. The molecule has 3 rings (SSSR count). The van der Waals surface area contributed by atoms with Crippen LogP contribution in [0.4, 0.5) is 0 Å². The number of ether oxygens (including phenoxy) is 1. The Bertz CT molecular complexity index is 1080. The summed E-state index contributed by atoms with van der Waals surface area (Å²) < 4.78 is 5.03. The first-order chi connectivity index (χ1) is 11.5. The number of nitrogens with zero attached hydrogens (tertiary/aromatic N) is 1. The summed E-state index contributed by atoms with van der Waals surface area (Å²) in [5.41, 5.74) is -1.15. The van der Waals surface area contributed by atoms with Crippen LogP contribution in [0.5, 0.6) is 0 Å². The van der Waals surface area contributed by atoms with Crippen LogP contribution in [0.3, 0.4) is 0 Å². The molecule has 0 aliphatic heterocycles. The maximum atomic E-state index is 12.8. The van der Waals surface area contributed by atoms with Crippen molar-refractivity contribution in [2.45, 2.75) is 6.42 Å². The highest BCUT2D eigenvalue weighted by atomic mass is 35.5. The van der Waals surface area contributed by atoms with Crippen LogP contribution in [-0.2, 0) is 4.74 Å². The van der Waals surface area contributed by atoms with Crippen molar-refractivity contribution < 1.29 is 9.53 Å². The highest BCUT2D eigenvalue weighted by Crippen LogP contribution is 2.16. The third-order valence-electron chi connectivity index (χ3n) is 3.44. The molecule has 0 radical (unpaired) electrons. The molecule has 0 saturated carbocycles. The fourth-order valence-electron chi connectivity index (χ4n) is 2.32. The standard InChI is InChI=1S/C16H12ClN3O4/c1-2-3-6-24-16(23)13-11-12(19-20-13)15(22)18-10-7-8(17)4-5-9(10)14(11)21/h2,4-5,7H,1,3,6H2,(H,18,22)(H,19,20). The summed E-state index contributed by atoms with van der Waals surface area (Å²) in [6.07, 6.45) is 2.06. The molecule has 3 aromatic rings. The number of esters is 1. The lowest BCUT2D eigenvalue weighted by molar-refractivity contribution is 0.0507. The van der Waals surface area contributed by atoms with Crippen molar-refractivity contribution in [3.05, 3.63) is 62.1 Å². The fraction of sp³-hybridized carbons (Fsp3) is 0.125. The highest BCUT2D eigenvalue weighted by Gasteiger charge is 2.20. The number of benzene rings is 1. The number of hydrogen-bond donors (Lipinski definition) is 2. The first kappa shape index (κ1) is 15.9. The van der Waals surface area contributed by atoms with E-state index in [4.69, 9.17) is 16.3 Å². The maximum Gasteiger partial charge on any atom is 0.359 e. The summed E-state index contributed by atoms with van der Waals surface area (Å²) in [5, 5.41) is 6.68. The predicted octanol–water partition coefficient (Wildman–Crippen LogP) is 2.15. The molecule has 0 unspecified atom stereocenters. The molecule has 0 aliphatic carbocycles. The normalized spacial score (nSPS) is 10.9. The van der Waals surface area contributed by atoms with Crippen molar-refractivity contribution >= 4 is 39.4 Å². The molecule has 1 aromatic carbocycles. The van der Waals surface area contributed by atoms with Gasteiger partial charge >= 0.3 is 5.97 Å². The van der Waals surface area contributed by atoms with Crippen LogP contribution in [0.15, 0.2) is 40.4 Å². The Morgan fingerprint density at radius 1 is 1.38 bits per heavy atom. The Kier molecular flexibility index (Phi) is 4.18. The Hall–Kier alpha value is -2.93. The summed E-state index contributed by atoms with van der Waals surface area (Å²) in [4.78, 5) is 39.8. The summed E-state index contributed by atoms with van der Waals surface area (Å²) in [7, 11) is 0. The second-order valence-electron chi connectivity index (χ2n) is 5.01. The predicted molar refractivity (Wildman–Crippen MR) is 90.6 cm³/mol. The monoisotopic (exact) mass is 345 g/mol. The molecule has 0 fully saturated rings. The van der Waals surface area contributed by atoms with Gasteiger partial charge in [0.2, 0.25) is 0 Å². The van der Waals surface area contributed by atoms with Gasteiger partial charge in [-0.1, -0.05) is 17.7 Å². The largest absolute Gasteiger partial charge is 0.461 e. The third kappa shape index (κ3) is 2.69.